The first-order valence-corrected chi connectivity index (χ1v) is 11.0. The van der Waals surface area contributed by atoms with Gasteiger partial charge >= 0.3 is 0 Å². The molecule has 0 saturated heterocycles. The number of fused-ring (bicyclic) bond motifs is 1. The normalized spacial score (nSPS) is 11.2. The zero-order valence-electron chi connectivity index (χ0n) is 17.8. The van der Waals surface area contributed by atoms with Crippen LogP contribution in [-0.2, 0) is 4.79 Å². The second kappa shape index (κ2) is 9.71. The van der Waals surface area contributed by atoms with Crippen molar-refractivity contribution >= 4 is 28.6 Å². The molecule has 0 fully saturated rings. The minimum Gasteiger partial charge on any atom is -0.495 e. The Balaban J connectivity index is 2.03. The number of amides is 1. The van der Waals surface area contributed by atoms with E-state index in [9.17, 15) is 9.59 Å². The van der Waals surface area contributed by atoms with Gasteiger partial charge in [-0.25, -0.2) is 4.98 Å². The Morgan fingerprint density at radius 3 is 2.55 bits per heavy atom. The van der Waals surface area contributed by atoms with Gasteiger partial charge in [-0.1, -0.05) is 55.8 Å². The highest BCUT2D eigenvalue weighted by molar-refractivity contribution is 7.99. The lowest BCUT2D eigenvalue weighted by Crippen LogP contribution is -2.47. The van der Waals surface area contributed by atoms with Gasteiger partial charge in [0.1, 0.15) is 11.3 Å². The quantitative estimate of drug-likeness (QED) is 0.331. The van der Waals surface area contributed by atoms with Gasteiger partial charge in [0.2, 0.25) is 5.91 Å². The molecule has 3 rings (SSSR count). The molecule has 0 saturated carbocycles. The van der Waals surface area contributed by atoms with Crippen molar-refractivity contribution in [1.29, 1.82) is 0 Å². The van der Waals surface area contributed by atoms with E-state index in [2.05, 4.69) is 16.2 Å². The second-order valence-corrected chi connectivity index (χ2v) is 7.94. The van der Waals surface area contributed by atoms with E-state index in [4.69, 9.17) is 11.2 Å². The number of thioether (sulfide) groups is 1. The molecule has 3 aromatic rings. The van der Waals surface area contributed by atoms with Crippen LogP contribution in [0.4, 0.5) is 0 Å². The zero-order chi connectivity index (χ0) is 22.4. The van der Waals surface area contributed by atoms with Crippen molar-refractivity contribution in [3.05, 3.63) is 58.9 Å². The van der Waals surface area contributed by atoms with Crippen LogP contribution in [0.5, 0.6) is 5.75 Å². The van der Waals surface area contributed by atoms with Gasteiger partial charge < -0.3 is 10.1 Å². The van der Waals surface area contributed by atoms with Crippen molar-refractivity contribution < 1.29 is 9.53 Å². The predicted molar refractivity (Wildman–Crippen MR) is 125 cm³/mol. The highest BCUT2D eigenvalue weighted by Gasteiger charge is 2.25. The maximum Gasteiger partial charge on any atom is 0.266 e. The summed E-state index contributed by atoms with van der Waals surface area (Å²) in [5.41, 5.74) is 0.243. The number of carbonyl (C=O) groups excluding carboxylic acids is 1. The lowest BCUT2D eigenvalue weighted by atomic mass is 9.94. The fraction of sp³-hybridized carbons (Fsp3) is 0.292. The second-order valence-electron chi connectivity index (χ2n) is 6.99. The Hall–Kier alpha value is -3.24. The number of benzene rings is 2. The molecule has 0 aliphatic rings. The number of ether oxygens (including phenoxy) is 1. The lowest BCUT2D eigenvalue weighted by molar-refractivity contribution is -0.119. The molecular formula is C24H25N3O3S. The van der Waals surface area contributed by atoms with E-state index in [1.807, 2.05) is 32.0 Å². The topological polar surface area (TPSA) is 73.2 Å². The van der Waals surface area contributed by atoms with Crippen LogP contribution in [-0.4, -0.2) is 33.9 Å². The van der Waals surface area contributed by atoms with Crippen LogP contribution in [0.3, 0.4) is 0 Å². The highest BCUT2D eigenvalue weighted by Crippen LogP contribution is 2.27. The molecule has 0 atom stereocenters. The Morgan fingerprint density at radius 2 is 1.87 bits per heavy atom. The van der Waals surface area contributed by atoms with E-state index in [1.165, 1.54) is 16.3 Å². The molecule has 1 aromatic heterocycles. The Labute approximate surface area is 186 Å². The van der Waals surface area contributed by atoms with E-state index < -0.39 is 5.54 Å². The van der Waals surface area contributed by atoms with Crippen molar-refractivity contribution in [2.75, 3.05) is 12.9 Å². The number of methoxy groups -OCH3 is 1. The highest BCUT2D eigenvalue weighted by atomic mass is 32.2. The van der Waals surface area contributed by atoms with Crippen LogP contribution in [0.1, 0.15) is 26.7 Å². The molecule has 6 nitrogen and oxygen atoms in total. The summed E-state index contributed by atoms with van der Waals surface area (Å²) in [7, 11) is 1.55. The molecule has 31 heavy (non-hydrogen) atoms. The molecule has 1 amide bonds. The largest absolute Gasteiger partial charge is 0.495 e. The monoisotopic (exact) mass is 435 g/mol. The van der Waals surface area contributed by atoms with Gasteiger partial charge in [-0.15, -0.1) is 6.42 Å². The Bertz CT molecular complexity index is 1190. The van der Waals surface area contributed by atoms with Crippen molar-refractivity contribution in [3.63, 3.8) is 0 Å². The van der Waals surface area contributed by atoms with Crippen molar-refractivity contribution in [1.82, 2.24) is 14.9 Å². The Morgan fingerprint density at radius 1 is 1.19 bits per heavy atom. The number of terminal acetylenes is 1. The number of rotatable bonds is 8. The SMILES string of the molecule is C#CC(CC)(CC)NC(=O)CSc1nc2ccccc2c(=O)n1-c1ccccc1OC. The molecule has 0 aliphatic heterocycles. The molecule has 0 bridgehead atoms. The standard InChI is InChI=1S/C24H25N3O3S/c1-5-24(6-2,7-3)26-21(28)16-31-23-25-18-13-9-8-12-17(18)22(29)27(23)19-14-10-11-15-20(19)30-4/h1,8-15H,6-7,16H2,2-4H3,(H,26,28). The van der Waals surface area contributed by atoms with Crippen molar-refractivity contribution in [2.45, 2.75) is 37.4 Å². The molecule has 0 spiro atoms. The van der Waals surface area contributed by atoms with Crippen LogP contribution in [0, 0.1) is 12.3 Å². The summed E-state index contributed by atoms with van der Waals surface area (Å²) < 4.78 is 6.95. The van der Waals surface area contributed by atoms with E-state index in [-0.39, 0.29) is 17.2 Å². The molecular weight excluding hydrogens is 410 g/mol. The van der Waals surface area contributed by atoms with Gasteiger partial charge in [0.15, 0.2) is 5.16 Å². The predicted octanol–water partition coefficient (Wildman–Crippen LogP) is 3.79. The maximum absolute atomic E-state index is 13.4. The summed E-state index contributed by atoms with van der Waals surface area (Å²) in [6, 6.07) is 14.4. The molecule has 2 aromatic carbocycles. The van der Waals surface area contributed by atoms with Gasteiger partial charge in [0.25, 0.3) is 5.56 Å². The van der Waals surface area contributed by atoms with E-state index >= 15 is 0 Å². The first-order valence-electron chi connectivity index (χ1n) is 10.0. The third-order valence-corrected chi connectivity index (χ3v) is 6.20. The van der Waals surface area contributed by atoms with Crippen LogP contribution >= 0.6 is 11.8 Å². The van der Waals surface area contributed by atoms with E-state index in [1.54, 1.807) is 37.4 Å². The van der Waals surface area contributed by atoms with Crippen molar-refractivity contribution in [2.24, 2.45) is 0 Å². The average Bonchev–Trinajstić information content (AvgIpc) is 2.81. The van der Waals surface area contributed by atoms with Gasteiger partial charge in [-0.05, 0) is 37.1 Å². The third kappa shape index (κ3) is 4.59. The van der Waals surface area contributed by atoms with Crippen LogP contribution in [0.25, 0.3) is 16.6 Å². The molecule has 0 aliphatic carbocycles. The summed E-state index contributed by atoms with van der Waals surface area (Å²) >= 11 is 1.19. The molecule has 0 radical (unpaired) electrons. The molecule has 160 valence electrons. The first-order chi connectivity index (χ1) is 15.0. The van der Waals surface area contributed by atoms with E-state index in [0.717, 1.165) is 0 Å². The number of hydrogen-bond acceptors (Lipinski definition) is 5. The van der Waals surface area contributed by atoms with E-state index in [0.29, 0.717) is 40.3 Å². The fourth-order valence-corrected chi connectivity index (χ4v) is 4.14. The number of carbonyl (C=O) groups is 1. The number of nitrogens with one attached hydrogen (secondary N) is 1. The molecule has 1 N–H and O–H groups in total. The smallest absolute Gasteiger partial charge is 0.266 e. The van der Waals surface area contributed by atoms with Gasteiger partial charge in [-0.2, -0.15) is 0 Å². The maximum atomic E-state index is 13.4. The third-order valence-electron chi connectivity index (χ3n) is 5.27. The van der Waals surface area contributed by atoms with Crippen LogP contribution in [0.15, 0.2) is 58.5 Å². The first kappa shape index (κ1) is 22.4. The summed E-state index contributed by atoms with van der Waals surface area (Å²) in [6.45, 7) is 3.89. The summed E-state index contributed by atoms with van der Waals surface area (Å²) in [4.78, 5) is 30.7. The van der Waals surface area contributed by atoms with Gasteiger partial charge in [0, 0.05) is 0 Å². The minimum absolute atomic E-state index is 0.0728. The zero-order valence-corrected chi connectivity index (χ0v) is 18.7. The Kier molecular flexibility index (Phi) is 7.03. The van der Waals surface area contributed by atoms with Crippen LogP contribution < -0.4 is 15.6 Å². The molecule has 1 heterocycles. The molecule has 7 heteroatoms. The number of para-hydroxylation sites is 3. The molecule has 0 unspecified atom stereocenters. The van der Waals surface area contributed by atoms with Crippen molar-refractivity contribution in [3.8, 4) is 23.8 Å². The number of hydrogen-bond donors (Lipinski definition) is 1. The summed E-state index contributed by atoms with van der Waals surface area (Å²) in [5, 5.41) is 3.84. The van der Waals surface area contributed by atoms with Crippen LogP contribution in [0.2, 0.25) is 0 Å². The average molecular weight is 436 g/mol. The number of nitrogens with zero attached hydrogens (tertiary/aromatic N) is 2. The number of aromatic nitrogens is 2. The fourth-order valence-electron chi connectivity index (χ4n) is 3.34. The summed E-state index contributed by atoms with van der Waals surface area (Å²) in [6.07, 6.45) is 6.93. The van der Waals surface area contributed by atoms with Gasteiger partial charge in [-0.3, -0.25) is 14.2 Å². The lowest BCUT2D eigenvalue weighted by Gasteiger charge is -2.27. The minimum atomic E-state index is -0.670. The van der Waals surface area contributed by atoms with Gasteiger partial charge in [0.05, 0.1) is 29.5 Å². The summed E-state index contributed by atoms with van der Waals surface area (Å²) in [5.74, 6) is 3.10.